The molecular formula is C19H27FN2O. The van der Waals surface area contributed by atoms with Crippen molar-refractivity contribution in [3.05, 3.63) is 35.6 Å². The van der Waals surface area contributed by atoms with E-state index in [1.807, 2.05) is 4.90 Å². The fraction of sp³-hybridized carbons (Fsp3) is 0.632. The zero-order valence-electron chi connectivity index (χ0n) is 13.8. The third-order valence-corrected chi connectivity index (χ3v) is 5.21. The van der Waals surface area contributed by atoms with Gasteiger partial charge in [-0.3, -0.25) is 4.79 Å². The van der Waals surface area contributed by atoms with Crippen LogP contribution >= 0.6 is 0 Å². The van der Waals surface area contributed by atoms with Crippen LogP contribution in [-0.4, -0.2) is 48.4 Å². The second-order valence-electron chi connectivity index (χ2n) is 6.95. The summed E-state index contributed by atoms with van der Waals surface area (Å²) in [6.07, 6.45) is 6.21. The quantitative estimate of drug-likeness (QED) is 0.852. The summed E-state index contributed by atoms with van der Waals surface area (Å²) < 4.78 is 13.7. The lowest BCUT2D eigenvalue weighted by atomic mass is 10.0. The normalized spacial score (nSPS) is 23.0. The zero-order chi connectivity index (χ0) is 16.1. The van der Waals surface area contributed by atoms with Crippen LogP contribution < -0.4 is 0 Å². The minimum absolute atomic E-state index is 0.0666. The SMILES string of the molecule is O=C(Cc1ccccc1F)N1CCCC(CN2CCCC2)CC1. The molecule has 2 aliphatic heterocycles. The molecule has 0 bridgehead atoms. The van der Waals surface area contributed by atoms with E-state index in [-0.39, 0.29) is 18.1 Å². The molecule has 1 aromatic rings. The Balaban J connectivity index is 1.50. The first-order chi connectivity index (χ1) is 11.2. The Hall–Kier alpha value is -1.42. The number of nitrogens with zero attached hydrogens (tertiary/aromatic N) is 2. The molecular weight excluding hydrogens is 291 g/mol. The summed E-state index contributed by atoms with van der Waals surface area (Å²) in [7, 11) is 0. The van der Waals surface area contributed by atoms with Crippen LogP contribution in [0.5, 0.6) is 0 Å². The fourth-order valence-corrected chi connectivity index (χ4v) is 3.84. The van der Waals surface area contributed by atoms with Crippen molar-refractivity contribution in [3.63, 3.8) is 0 Å². The molecule has 2 heterocycles. The molecule has 3 rings (SSSR count). The van der Waals surface area contributed by atoms with Crippen LogP contribution in [-0.2, 0) is 11.2 Å². The van der Waals surface area contributed by atoms with Crippen LogP contribution in [0.1, 0.15) is 37.7 Å². The highest BCUT2D eigenvalue weighted by molar-refractivity contribution is 5.78. The summed E-state index contributed by atoms with van der Waals surface area (Å²) >= 11 is 0. The molecule has 2 fully saturated rings. The van der Waals surface area contributed by atoms with Gasteiger partial charge in [0.1, 0.15) is 5.82 Å². The highest BCUT2D eigenvalue weighted by Gasteiger charge is 2.23. The van der Waals surface area contributed by atoms with Crippen molar-refractivity contribution in [2.75, 3.05) is 32.7 Å². The smallest absolute Gasteiger partial charge is 0.227 e. The molecule has 1 atom stereocenters. The van der Waals surface area contributed by atoms with Crippen LogP contribution in [0.15, 0.2) is 24.3 Å². The predicted octanol–water partition coefficient (Wildman–Crippen LogP) is 3.09. The number of carbonyl (C=O) groups excluding carboxylic acids is 1. The topological polar surface area (TPSA) is 23.6 Å². The van der Waals surface area contributed by atoms with Crippen LogP contribution in [0.2, 0.25) is 0 Å². The molecule has 0 N–H and O–H groups in total. The van der Waals surface area contributed by atoms with Gasteiger partial charge in [0.15, 0.2) is 0 Å². The van der Waals surface area contributed by atoms with Gasteiger partial charge in [0.25, 0.3) is 0 Å². The van der Waals surface area contributed by atoms with Crippen LogP contribution in [0, 0.1) is 11.7 Å². The Morgan fingerprint density at radius 2 is 1.83 bits per heavy atom. The Morgan fingerprint density at radius 3 is 2.61 bits per heavy atom. The van der Waals surface area contributed by atoms with Crippen molar-refractivity contribution in [2.45, 2.75) is 38.5 Å². The van der Waals surface area contributed by atoms with Gasteiger partial charge in [-0.05, 0) is 62.7 Å². The molecule has 3 nitrogen and oxygen atoms in total. The van der Waals surface area contributed by atoms with E-state index in [0.29, 0.717) is 11.5 Å². The molecule has 1 unspecified atom stereocenters. The minimum Gasteiger partial charge on any atom is -0.342 e. The van der Waals surface area contributed by atoms with Gasteiger partial charge in [0.2, 0.25) is 5.91 Å². The van der Waals surface area contributed by atoms with E-state index in [4.69, 9.17) is 0 Å². The molecule has 0 aliphatic carbocycles. The molecule has 1 amide bonds. The largest absolute Gasteiger partial charge is 0.342 e. The average Bonchev–Trinajstić information content (AvgIpc) is 2.94. The van der Waals surface area contributed by atoms with Crippen LogP contribution in [0.25, 0.3) is 0 Å². The standard InChI is InChI=1S/C19H27FN2O/c20-18-8-2-1-7-17(18)14-19(23)22-12-5-6-16(9-13-22)15-21-10-3-4-11-21/h1-2,7-8,16H,3-6,9-15H2. The van der Waals surface area contributed by atoms with Crippen molar-refractivity contribution in [2.24, 2.45) is 5.92 Å². The number of benzene rings is 1. The molecule has 2 saturated heterocycles. The molecule has 4 heteroatoms. The first-order valence-electron chi connectivity index (χ1n) is 8.96. The van der Waals surface area contributed by atoms with E-state index in [9.17, 15) is 9.18 Å². The fourth-order valence-electron chi connectivity index (χ4n) is 3.84. The highest BCUT2D eigenvalue weighted by Crippen LogP contribution is 2.21. The number of carbonyl (C=O) groups is 1. The van der Waals surface area contributed by atoms with Gasteiger partial charge in [-0.25, -0.2) is 4.39 Å². The lowest BCUT2D eigenvalue weighted by Crippen LogP contribution is -2.34. The van der Waals surface area contributed by atoms with Gasteiger partial charge in [-0.1, -0.05) is 18.2 Å². The van der Waals surface area contributed by atoms with Crippen LogP contribution in [0.3, 0.4) is 0 Å². The van der Waals surface area contributed by atoms with E-state index in [1.165, 1.54) is 45.0 Å². The monoisotopic (exact) mass is 318 g/mol. The van der Waals surface area contributed by atoms with E-state index in [0.717, 1.165) is 25.9 Å². The van der Waals surface area contributed by atoms with Crippen LogP contribution in [0.4, 0.5) is 4.39 Å². The molecule has 0 spiro atoms. The van der Waals surface area contributed by atoms with E-state index in [1.54, 1.807) is 18.2 Å². The van der Waals surface area contributed by atoms with E-state index in [2.05, 4.69) is 4.90 Å². The number of rotatable bonds is 4. The lowest BCUT2D eigenvalue weighted by Gasteiger charge is -2.23. The lowest BCUT2D eigenvalue weighted by molar-refractivity contribution is -0.130. The maximum absolute atomic E-state index is 13.7. The summed E-state index contributed by atoms with van der Waals surface area (Å²) in [6.45, 7) is 5.32. The molecule has 0 saturated carbocycles. The molecule has 23 heavy (non-hydrogen) atoms. The molecule has 126 valence electrons. The number of hydrogen-bond acceptors (Lipinski definition) is 2. The zero-order valence-corrected chi connectivity index (χ0v) is 13.8. The first kappa shape index (κ1) is 16.4. The Bertz CT molecular complexity index is 528. The second kappa shape index (κ2) is 7.91. The van der Waals surface area contributed by atoms with Crippen molar-refractivity contribution >= 4 is 5.91 Å². The van der Waals surface area contributed by atoms with E-state index < -0.39 is 0 Å². The van der Waals surface area contributed by atoms with Crippen molar-refractivity contribution in [1.29, 1.82) is 0 Å². The summed E-state index contributed by atoms with van der Waals surface area (Å²) in [4.78, 5) is 17.0. The third kappa shape index (κ3) is 4.54. The Labute approximate surface area is 138 Å². The second-order valence-corrected chi connectivity index (χ2v) is 6.95. The molecule has 0 aromatic heterocycles. The molecule has 1 aromatic carbocycles. The average molecular weight is 318 g/mol. The van der Waals surface area contributed by atoms with Gasteiger partial charge in [0, 0.05) is 19.6 Å². The van der Waals surface area contributed by atoms with Gasteiger partial charge in [-0.15, -0.1) is 0 Å². The number of amides is 1. The van der Waals surface area contributed by atoms with Gasteiger partial charge in [0.05, 0.1) is 6.42 Å². The molecule has 2 aliphatic rings. The van der Waals surface area contributed by atoms with Gasteiger partial charge < -0.3 is 9.80 Å². The van der Waals surface area contributed by atoms with Gasteiger partial charge in [-0.2, -0.15) is 0 Å². The van der Waals surface area contributed by atoms with Crippen molar-refractivity contribution < 1.29 is 9.18 Å². The summed E-state index contributed by atoms with van der Waals surface area (Å²) in [5, 5.41) is 0. The number of likely N-dealkylation sites (tertiary alicyclic amines) is 2. The maximum Gasteiger partial charge on any atom is 0.227 e. The number of halogens is 1. The van der Waals surface area contributed by atoms with E-state index >= 15 is 0 Å². The predicted molar refractivity (Wildman–Crippen MR) is 89.7 cm³/mol. The van der Waals surface area contributed by atoms with Crippen molar-refractivity contribution in [1.82, 2.24) is 9.80 Å². The number of hydrogen-bond donors (Lipinski definition) is 0. The molecule has 0 radical (unpaired) electrons. The minimum atomic E-state index is -0.275. The Morgan fingerprint density at radius 1 is 1.04 bits per heavy atom. The highest BCUT2D eigenvalue weighted by atomic mass is 19.1. The first-order valence-corrected chi connectivity index (χ1v) is 8.96. The summed E-state index contributed by atoms with van der Waals surface area (Å²) in [5.74, 6) is 0.499. The van der Waals surface area contributed by atoms with Crippen molar-refractivity contribution in [3.8, 4) is 0 Å². The third-order valence-electron chi connectivity index (χ3n) is 5.21. The van der Waals surface area contributed by atoms with Gasteiger partial charge >= 0.3 is 0 Å². The maximum atomic E-state index is 13.7. The summed E-state index contributed by atoms with van der Waals surface area (Å²) in [6, 6.07) is 6.59. The summed E-state index contributed by atoms with van der Waals surface area (Å²) in [5.41, 5.74) is 0.510. The Kier molecular flexibility index (Phi) is 5.65.